The molecule has 8 heteroatoms. The molecule has 0 spiro atoms. The second-order valence-corrected chi connectivity index (χ2v) is 8.32. The van der Waals surface area contributed by atoms with Gasteiger partial charge in [0.05, 0.1) is 10.9 Å². The van der Waals surface area contributed by atoms with Gasteiger partial charge in [-0.15, -0.1) is 0 Å². The van der Waals surface area contributed by atoms with Crippen LogP contribution < -0.4 is 10.0 Å². The first kappa shape index (κ1) is 19.0. The fourth-order valence-corrected chi connectivity index (χ4v) is 4.30. The van der Waals surface area contributed by atoms with Gasteiger partial charge in [-0.05, 0) is 50.6 Å². The lowest BCUT2D eigenvalue weighted by molar-refractivity contribution is -0.121. The Morgan fingerprint density at radius 2 is 1.89 bits per heavy atom. The third-order valence-electron chi connectivity index (χ3n) is 4.12. The van der Waals surface area contributed by atoms with E-state index in [1.807, 2.05) is 26.0 Å². The van der Waals surface area contributed by atoms with Crippen molar-refractivity contribution in [2.75, 3.05) is 0 Å². The van der Waals surface area contributed by atoms with E-state index in [1.54, 1.807) is 25.1 Å². The molecular formula is C19H22N4O3S. The number of amides is 1. The summed E-state index contributed by atoms with van der Waals surface area (Å²) in [5.41, 5.74) is 3.34. The number of nitrogens with zero attached hydrogens (tertiary/aromatic N) is 2. The number of amidine groups is 1. The molecule has 1 aromatic heterocycles. The molecule has 0 aliphatic carbocycles. The maximum Gasteiger partial charge on any atom is 0.263 e. The Morgan fingerprint density at radius 1 is 1.22 bits per heavy atom. The largest absolute Gasteiger partial charge is 0.352 e. The van der Waals surface area contributed by atoms with Crippen LogP contribution in [0, 0.1) is 13.8 Å². The first-order chi connectivity index (χ1) is 12.7. The number of carbonyl (C=O) groups is 1. The smallest absolute Gasteiger partial charge is 0.263 e. The van der Waals surface area contributed by atoms with Crippen molar-refractivity contribution in [1.29, 1.82) is 0 Å². The zero-order chi connectivity index (χ0) is 19.6. The molecule has 7 nitrogen and oxygen atoms in total. The number of hydrogen-bond donors (Lipinski definition) is 2. The minimum Gasteiger partial charge on any atom is -0.352 e. The summed E-state index contributed by atoms with van der Waals surface area (Å²) in [5, 5.41) is 2.87. The molecule has 1 aliphatic rings. The van der Waals surface area contributed by atoms with Gasteiger partial charge in [-0.1, -0.05) is 12.1 Å². The second-order valence-electron chi connectivity index (χ2n) is 6.67. The van der Waals surface area contributed by atoms with Crippen molar-refractivity contribution >= 4 is 21.8 Å². The van der Waals surface area contributed by atoms with E-state index in [2.05, 4.69) is 20.0 Å². The van der Waals surface area contributed by atoms with Gasteiger partial charge in [-0.2, -0.15) is 0 Å². The van der Waals surface area contributed by atoms with Crippen LogP contribution in [0.4, 0.5) is 0 Å². The molecule has 1 aliphatic heterocycles. The van der Waals surface area contributed by atoms with Crippen molar-refractivity contribution in [1.82, 2.24) is 15.0 Å². The Kier molecular flexibility index (Phi) is 5.27. The molecule has 0 fully saturated rings. The number of carbonyl (C=O) groups excluding carboxylic acids is 1. The normalized spacial score (nSPS) is 17.2. The van der Waals surface area contributed by atoms with Crippen molar-refractivity contribution in [3.63, 3.8) is 0 Å². The van der Waals surface area contributed by atoms with Crippen molar-refractivity contribution in [3.05, 3.63) is 58.9 Å². The van der Waals surface area contributed by atoms with Crippen molar-refractivity contribution in [3.8, 4) is 0 Å². The van der Waals surface area contributed by atoms with Crippen LogP contribution in [0.1, 0.15) is 35.9 Å². The average molecular weight is 386 g/mol. The molecule has 0 saturated carbocycles. The molecule has 0 radical (unpaired) electrons. The first-order valence-electron chi connectivity index (χ1n) is 8.65. The lowest BCUT2D eigenvalue weighted by Gasteiger charge is -2.10. The van der Waals surface area contributed by atoms with Crippen LogP contribution >= 0.6 is 0 Å². The summed E-state index contributed by atoms with van der Waals surface area (Å²) in [4.78, 5) is 21.1. The van der Waals surface area contributed by atoms with Gasteiger partial charge in [0.15, 0.2) is 0 Å². The standard InChI is InChI=1S/C19H22N4O3S/c1-12-8-15(9-13(2)21-12)11-20-18(24)10-14(3)22-19-16-6-4-5-7-17(16)27(25,26)23-19/h4-9,14H,10-11H2,1-3H3,(H,20,24)(H,22,23). The Morgan fingerprint density at radius 3 is 2.59 bits per heavy atom. The van der Waals surface area contributed by atoms with E-state index in [4.69, 9.17) is 0 Å². The molecule has 27 heavy (non-hydrogen) atoms. The van der Waals surface area contributed by atoms with Crippen molar-refractivity contribution in [2.24, 2.45) is 4.99 Å². The van der Waals surface area contributed by atoms with Gasteiger partial charge < -0.3 is 5.32 Å². The summed E-state index contributed by atoms with van der Waals surface area (Å²) in [6, 6.07) is 10.2. The highest BCUT2D eigenvalue weighted by atomic mass is 32.2. The molecule has 142 valence electrons. The number of rotatable bonds is 5. The molecule has 2 aromatic rings. The maximum absolute atomic E-state index is 12.2. The first-order valence-corrected chi connectivity index (χ1v) is 10.1. The van der Waals surface area contributed by atoms with Crippen LogP contribution in [0.5, 0.6) is 0 Å². The maximum atomic E-state index is 12.2. The van der Waals surface area contributed by atoms with Crippen LogP contribution in [0.3, 0.4) is 0 Å². The van der Waals surface area contributed by atoms with Gasteiger partial charge >= 0.3 is 0 Å². The number of hydrogen-bond acceptors (Lipinski definition) is 5. The fraction of sp³-hybridized carbons (Fsp3) is 0.316. The number of pyridine rings is 1. The van der Waals surface area contributed by atoms with E-state index >= 15 is 0 Å². The molecule has 3 rings (SSSR count). The fourth-order valence-electron chi connectivity index (χ4n) is 3.06. The number of nitrogens with one attached hydrogen (secondary N) is 2. The molecule has 2 heterocycles. The summed E-state index contributed by atoms with van der Waals surface area (Å²) >= 11 is 0. The summed E-state index contributed by atoms with van der Waals surface area (Å²) in [7, 11) is -3.57. The highest BCUT2D eigenvalue weighted by Crippen LogP contribution is 2.22. The highest BCUT2D eigenvalue weighted by Gasteiger charge is 2.30. The summed E-state index contributed by atoms with van der Waals surface area (Å²) < 4.78 is 26.7. The van der Waals surface area contributed by atoms with Gasteiger partial charge in [0.2, 0.25) is 5.91 Å². The Bertz CT molecular complexity index is 995. The molecule has 0 saturated heterocycles. The molecule has 2 N–H and O–H groups in total. The Hall–Kier alpha value is -2.74. The van der Waals surface area contributed by atoms with Gasteiger partial charge in [-0.25, -0.2) is 8.42 Å². The number of sulfonamides is 1. The van der Waals surface area contributed by atoms with Gasteiger partial charge in [0.1, 0.15) is 5.84 Å². The van der Waals surface area contributed by atoms with Crippen LogP contribution in [0.25, 0.3) is 0 Å². The number of aliphatic imine (C=N–C) groups is 1. The minimum absolute atomic E-state index is 0.145. The lowest BCUT2D eigenvalue weighted by atomic mass is 10.1. The highest BCUT2D eigenvalue weighted by molar-refractivity contribution is 7.90. The molecule has 0 bridgehead atoms. The summed E-state index contributed by atoms with van der Waals surface area (Å²) in [6.07, 6.45) is 0.163. The van der Waals surface area contributed by atoms with E-state index in [9.17, 15) is 13.2 Å². The van der Waals surface area contributed by atoms with Crippen LogP contribution in [0.15, 0.2) is 46.3 Å². The van der Waals surface area contributed by atoms with Gasteiger partial charge in [-0.3, -0.25) is 19.5 Å². The number of benzene rings is 1. The second kappa shape index (κ2) is 7.48. The zero-order valence-corrected chi connectivity index (χ0v) is 16.3. The third-order valence-corrected chi connectivity index (χ3v) is 5.52. The lowest BCUT2D eigenvalue weighted by Crippen LogP contribution is -2.28. The number of aromatic nitrogens is 1. The van der Waals surface area contributed by atoms with Crippen LogP contribution in [0.2, 0.25) is 0 Å². The molecule has 1 unspecified atom stereocenters. The van der Waals surface area contributed by atoms with E-state index in [-0.39, 0.29) is 29.1 Å². The molecule has 1 atom stereocenters. The predicted octanol–water partition coefficient (Wildman–Crippen LogP) is 1.83. The molecule has 1 amide bonds. The Labute approximate surface area is 159 Å². The topological polar surface area (TPSA) is 101 Å². The average Bonchev–Trinajstić information content (AvgIpc) is 2.83. The SMILES string of the molecule is Cc1cc(CNC(=O)CC(C)N=C2NS(=O)(=O)c3ccccc32)cc(C)n1. The molecule has 1 aromatic carbocycles. The summed E-state index contributed by atoms with van der Waals surface area (Å²) in [5.74, 6) is 0.138. The number of aryl methyl sites for hydroxylation is 2. The predicted molar refractivity (Wildman–Crippen MR) is 103 cm³/mol. The van der Waals surface area contributed by atoms with E-state index in [1.165, 1.54) is 6.07 Å². The van der Waals surface area contributed by atoms with Crippen LogP contribution in [-0.4, -0.2) is 31.2 Å². The minimum atomic E-state index is -3.57. The zero-order valence-electron chi connectivity index (χ0n) is 15.5. The molecular weight excluding hydrogens is 364 g/mol. The van der Waals surface area contributed by atoms with Crippen molar-refractivity contribution < 1.29 is 13.2 Å². The van der Waals surface area contributed by atoms with E-state index in [0.29, 0.717) is 12.1 Å². The van der Waals surface area contributed by atoms with Crippen molar-refractivity contribution in [2.45, 2.75) is 44.7 Å². The van der Waals surface area contributed by atoms with Crippen LogP contribution in [-0.2, 0) is 21.4 Å². The van der Waals surface area contributed by atoms with E-state index < -0.39 is 10.0 Å². The van der Waals surface area contributed by atoms with E-state index in [0.717, 1.165) is 17.0 Å². The van der Waals surface area contributed by atoms with Gasteiger partial charge in [0, 0.05) is 29.9 Å². The number of fused-ring (bicyclic) bond motifs is 1. The van der Waals surface area contributed by atoms with Gasteiger partial charge in [0.25, 0.3) is 10.0 Å². The summed E-state index contributed by atoms with van der Waals surface area (Å²) in [6.45, 7) is 6.03. The third kappa shape index (κ3) is 4.51. The monoisotopic (exact) mass is 386 g/mol. The Balaban J connectivity index is 1.63. The quantitative estimate of drug-likeness (QED) is 0.819.